The Bertz CT molecular complexity index is 109. The van der Waals surface area contributed by atoms with Crippen molar-refractivity contribution in [1.29, 1.82) is 0 Å². The first-order valence-electron chi connectivity index (χ1n) is 3.49. The molecule has 1 aliphatic heterocycles. The lowest BCUT2D eigenvalue weighted by Crippen LogP contribution is -2.13. The Morgan fingerprint density at radius 2 is 2.38 bits per heavy atom. The van der Waals surface area contributed by atoms with Crippen molar-refractivity contribution in [3.63, 3.8) is 0 Å². The lowest BCUT2D eigenvalue weighted by atomic mass is 9.91. The fourth-order valence-corrected chi connectivity index (χ4v) is 1.68. The zero-order chi connectivity index (χ0) is 5.61. The van der Waals surface area contributed by atoms with Crippen LogP contribution in [0.4, 0.5) is 0 Å². The van der Waals surface area contributed by atoms with Gasteiger partial charge in [-0.05, 0) is 19.8 Å². The highest BCUT2D eigenvalue weighted by molar-refractivity contribution is 5.01. The Morgan fingerprint density at radius 1 is 1.50 bits per heavy atom. The van der Waals surface area contributed by atoms with Crippen LogP contribution in [0.25, 0.3) is 0 Å². The Balaban J connectivity index is 2.04. The van der Waals surface area contributed by atoms with E-state index in [1.54, 1.807) is 0 Å². The zero-order valence-corrected chi connectivity index (χ0v) is 5.31. The van der Waals surface area contributed by atoms with Gasteiger partial charge in [-0.1, -0.05) is 12.8 Å². The lowest BCUT2D eigenvalue weighted by Gasteiger charge is -2.09. The summed E-state index contributed by atoms with van der Waals surface area (Å²) in [5.74, 6) is 0. The maximum Gasteiger partial charge on any atom is 0.0920 e. The summed E-state index contributed by atoms with van der Waals surface area (Å²) in [5.41, 5.74) is 0.345. The third kappa shape index (κ3) is 0.510. The highest BCUT2D eigenvalue weighted by atomic mass is 16.6. The van der Waals surface area contributed by atoms with Crippen LogP contribution >= 0.6 is 0 Å². The minimum Gasteiger partial charge on any atom is -0.366 e. The Hall–Kier alpha value is -0.0400. The normalized spacial score (nSPS) is 52.9. The molecule has 46 valence electrons. The fourth-order valence-electron chi connectivity index (χ4n) is 1.68. The van der Waals surface area contributed by atoms with Gasteiger partial charge in [-0.25, -0.2) is 0 Å². The van der Waals surface area contributed by atoms with E-state index in [1.165, 1.54) is 25.7 Å². The summed E-state index contributed by atoms with van der Waals surface area (Å²) < 4.78 is 5.47. The quantitative estimate of drug-likeness (QED) is 0.435. The molecule has 0 bridgehead atoms. The number of rotatable bonds is 0. The second kappa shape index (κ2) is 1.27. The van der Waals surface area contributed by atoms with Crippen LogP contribution in [0, 0.1) is 0 Å². The van der Waals surface area contributed by atoms with Crippen LogP contribution in [0.3, 0.4) is 0 Å². The molecule has 0 aromatic carbocycles. The molecule has 2 rings (SSSR count). The minimum absolute atomic E-state index is 0.345. The first-order chi connectivity index (χ1) is 3.81. The minimum atomic E-state index is 0.345. The summed E-state index contributed by atoms with van der Waals surface area (Å²) in [6.45, 7) is 2.23. The van der Waals surface area contributed by atoms with Crippen molar-refractivity contribution >= 4 is 0 Å². The molecule has 0 radical (unpaired) electrons. The molecule has 1 heteroatoms. The van der Waals surface area contributed by atoms with Crippen molar-refractivity contribution in [3.8, 4) is 0 Å². The van der Waals surface area contributed by atoms with Gasteiger partial charge in [-0.2, -0.15) is 0 Å². The zero-order valence-electron chi connectivity index (χ0n) is 5.31. The molecule has 2 fully saturated rings. The first-order valence-corrected chi connectivity index (χ1v) is 3.49. The van der Waals surface area contributed by atoms with Crippen LogP contribution in [-0.4, -0.2) is 11.7 Å². The van der Waals surface area contributed by atoms with Crippen LogP contribution in [-0.2, 0) is 4.74 Å². The van der Waals surface area contributed by atoms with Gasteiger partial charge in [0, 0.05) is 0 Å². The Kier molecular flexibility index (Phi) is 0.762. The van der Waals surface area contributed by atoms with Crippen molar-refractivity contribution in [2.24, 2.45) is 0 Å². The molecule has 0 amide bonds. The van der Waals surface area contributed by atoms with Gasteiger partial charge in [0.25, 0.3) is 0 Å². The summed E-state index contributed by atoms with van der Waals surface area (Å²) in [5, 5.41) is 0. The van der Waals surface area contributed by atoms with E-state index < -0.39 is 0 Å². The van der Waals surface area contributed by atoms with Crippen molar-refractivity contribution in [1.82, 2.24) is 0 Å². The molecule has 1 unspecified atom stereocenters. The molecule has 0 N–H and O–H groups in total. The van der Waals surface area contributed by atoms with Gasteiger partial charge in [0.1, 0.15) is 0 Å². The van der Waals surface area contributed by atoms with Crippen LogP contribution < -0.4 is 0 Å². The van der Waals surface area contributed by atoms with E-state index in [2.05, 4.69) is 6.92 Å². The van der Waals surface area contributed by atoms with Crippen molar-refractivity contribution in [2.75, 3.05) is 0 Å². The molecule has 1 heterocycles. The smallest absolute Gasteiger partial charge is 0.0920 e. The Labute approximate surface area is 50.0 Å². The molecular weight excluding hydrogens is 100 g/mol. The van der Waals surface area contributed by atoms with Gasteiger partial charge in [-0.15, -0.1) is 0 Å². The van der Waals surface area contributed by atoms with Gasteiger partial charge in [0.15, 0.2) is 0 Å². The number of ether oxygens (including phenoxy) is 1. The molecular formula is C7H12O. The summed E-state index contributed by atoms with van der Waals surface area (Å²) in [7, 11) is 0. The van der Waals surface area contributed by atoms with Crippen LogP contribution in [0.2, 0.25) is 0 Å². The van der Waals surface area contributed by atoms with Crippen LogP contribution in [0.5, 0.6) is 0 Å². The van der Waals surface area contributed by atoms with E-state index >= 15 is 0 Å². The second-order valence-electron chi connectivity index (χ2n) is 3.16. The fraction of sp³-hybridized carbons (Fsp3) is 1.00. The lowest BCUT2D eigenvalue weighted by molar-refractivity contribution is 0.304. The average molecular weight is 112 g/mol. The Morgan fingerprint density at radius 3 is 2.88 bits per heavy atom. The average Bonchev–Trinajstić information content (AvgIpc) is 2.39. The summed E-state index contributed by atoms with van der Waals surface area (Å²) in [4.78, 5) is 0. The van der Waals surface area contributed by atoms with E-state index in [0.717, 1.165) is 0 Å². The third-order valence-electron chi connectivity index (χ3n) is 2.42. The van der Waals surface area contributed by atoms with Crippen LogP contribution in [0.15, 0.2) is 0 Å². The van der Waals surface area contributed by atoms with E-state index in [4.69, 9.17) is 4.74 Å². The van der Waals surface area contributed by atoms with E-state index in [9.17, 15) is 0 Å². The standard InChI is InChI=1S/C7H12O/c1-7-5-3-2-4-6(7)8-7/h6H,2-5H2,1H3/t6?,7-/m1/s1. The van der Waals surface area contributed by atoms with E-state index in [-0.39, 0.29) is 0 Å². The summed E-state index contributed by atoms with van der Waals surface area (Å²) >= 11 is 0. The monoisotopic (exact) mass is 112 g/mol. The molecule has 8 heavy (non-hydrogen) atoms. The molecule has 1 nitrogen and oxygen atoms in total. The van der Waals surface area contributed by atoms with Crippen molar-refractivity contribution < 1.29 is 4.74 Å². The van der Waals surface area contributed by atoms with Crippen molar-refractivity contribution in [3.05, 3.63) is 0 Å². The molecule has 0 aromatic heterocycles. The van der Waals surface area contributed by atoms with Gasteiger partial charge in [0.05, 0.1) is 11.7 Å². The maximum absolute atomic E-state index is 5.47. The predicted octanol–water partition coefficient (Wildman–Crippen LogP) is 1.72. The SMILES string of the molecule is C[C@@]12CCCCC1O2. The van der Waals surface area contributed by atoms with Gasteiger partial charge in [-0.3, -0.25) is 0 Å². The van der Waals surface area contributed by atoms with Gasteiger partial charge >= 0.3 is 0 Å². The van der Waals surface area contributed by atoms with Crippen LogP contribution in [0.1, 0.15) is 32.6 Å². The largest absolute Gasteiger partial charge is 0.366 e. The predicted molar refractivity (Wildman–Crippen MR) is 31.7 cm³/mol. The number of epoxide rings is 1. The van der Waals surface area contributed by atoms with Gasteiger partial charge in [0.2, 0.25) is 0 Å². The van der Waals surface area contributed by atoms with Crippen molar-refractivity contribution in [2.45, 2.75) is 44.3 Å². The number of hydrogen-bond acceptors (Lipinski definition) is 1. The van der Waals surface area contributed by atoms with E-state index in [0.29, 0.717) is 11.7 Å². The van der Waals surface area contributed by atoms with Gasteiger partial charge < -0.3 is 4.74 Å². The topological polar surface area (TPSA) is 12.5 Å². The first kappa shape index (κ1) is 4.80. The number of fused-ring (bicyclic) bond motifs is 1. The maximum atomic E-state index is 5.47. The molecule has 1 saturated heterocycles. The highest BCUT2D eigenvalue weighted by Crippen LogP contribution is 2.46. The summed E-state index contributed by atoms with van der Waals surface area (Å²) in [6.07, 6.45) is 6.04. The summed E-state index contributed by atoms with van der Waals surface area (Å²) in [6, 6.07) is 0. The second-order valence-corrected chi connectivity index (χ2v) is 3.16. The molecule has 1 saturated carbocycles. The molecule has 0 aromatic rings. The highest BCUT2D eigenvalue weighted by Gasteiger charge is 2.52. The number of hydrogen-bond donors (Lipinski definition) is 0. The molecule has 1 aliphatic carbocycles. The molecule has 0 spiro atoms. The van der Waals surface area contributed by atoms with E-state index in [1.807, 2.05) is 0 Å². The molecule has 2 atom stereocenters. The molecule has 2 aliphatic rings. The third-order valence-corrected chi connectivity index (χ3v) is 2.42.